The van der Waals surface area contributed by atoms with E-state index < -0.39 is 0 Å². The zero-order valence-electron chi connectivity index (χ0n) is 17.4. The Morgan fingerprint density at radius 1 is 1.19 bits per heavy atom. The summed E-state index contributed by atoms with van der Waals surface area (Å²) in [5, 5.41) is 5.68. The van der Waals surface area contributed by atoms with E-state index >= 15 is 0 Å². The quantitative estimate of drug-likeness (QED) is 0.449. The number of nitrogens with zero attached hydrogens (tertiary/aromatic N) is 4. The van der Waals surface area contributed by atoms with Crippen LogP contribution in [0.4, 0.5) is 4.39 Å². The molecule has 0 N–H and O–H groups in total. The van der Waals surface area contributed by atoms with Crippen molar-refractivity contribution in [3.63, 3.8) is 0 Å². The number of hydrogen-bond acceptors (Lipinski definition) is 5. The first-order chi connectivity index (χ1) is 15.0. The SMILES string of the molecule is CC(=O)Cc1nc2c(s1)-c1c(c(-c3ccc(C)nc3)nn1-c1ccccc1F)CCC2. The van der Waals surface area contributed by atoms with Gasteiger partial charge in [0.25, 0.3) is 0 Å². The number of rotatable bonds is 4. The highest BCUT2D eigenvalue weighted by Crippen LogP contribution is 2.42. The molecule has 0 saturated carbocycles. The summed E-state index contributed by atoms with van der Waals surface area (Å²) in [6.45, 7) is 3.52. The number of aromatic nitrogens is 4. The van der Waals surface area contributed by atoms with E-state index in [9.17, 15) is 9.18 Å². The van der Waals surface area contributed by atoms with Gasteiger partial charge in [-0.2, -0.15) is 5.10 Å². The summed E-state index contributed by atoms with van der Waals surface area (Å²) >= 11 is 1.51. The Hall–Kier alpha value is -3.19. The molecule has 5 nitrogen and oxygen atoms in total. The van der Waals surface area contributed by atoms with Crippen LogP contribution >= 0.6 is 11.3 Å². The minimum absolute atomic E-state index is 0.0816. The molecule has 3 heterocycles. The fourth-order valence-corrected chi connectivity index (χ4v) is 5.27. The van der Waals surface area contributed by atoms with Crippen molar-refractivity contribution in [1.29, 1.82) is 0 Å². The maximum absolute atomic E-state index is 14.8. The van der Waals surface area contributed by atoms with Crippen LogP contribution in [0.1, 0.15) is 35.3 Å². The first-order valence-corrected chi connectivity index (χ1v) is 11.1. The van der Waals surface area contributed by atoms with Crippen LogP contribution in [0.3, 0.4) is 0 Å². The molecule has 0 atom stereocenters. The average molecular weight is 433 g/mol. The first kappa shape index (κ1) is 19.8. The molecule has 0 saturated heterocycles. The van der Waals surface area contributed by atoms with Crippen molar-refractivity contribution in [2.75, 3.05) is 0 Å². The van der Waals surface area contributed by atoms with Crippen LogP contribution in [0.5, 0.6) is 0 Å². The number of carbonyl (C=O) groups is 1. The monoisotopic (exact) mass is 432 g/mol. The van der Waals surface area contributed by atoms with Crippen LogP contribution in [0, 0.1) is 12.7 Å². The van der Waals surface area contributed by atoms with Crippen LogP contribution in [0.15, 0.2) is 42.6 Å². The van der Waals surface area contributed by atoms with Crippen molar-refractivity contribution in [3.8, 4) is 27.5 Å². The van der Waals surface area contributed by atoms with E-state index in [0.29, 0.717) is 12.1 Å². The molecule has 1 aliphatic carbocycles. The molecule has 156 valence electrons. The lowest BCUT2D eigenvalue weighted by Gasteiger charge is -2.08. The van der Waals surface area contributed by atoms with Gasteiger partial charge in [-0.15, -0.1) is 11.3 Å². The third-order valence-corrected chi connectivity index (χ3v) is 6.55. The second-order valence-electron chi connectivity index (χ2n) is 7.84. The van der Waals surface area contributed by atoms with Gasteiger partial charge in [-0.05, 0) is 57.4 Å². The standard InChI is InChI=1S/C24H21FN4OS/c1-14-10-11-16(13-26-14)22-17-6-5-8-19-24(31-21(27-19)12-15(2)30)23(17)29(28-22)20-9-4-3-7-18(20)25/h3-4,7,9-11,13H,5-6,8,12H2,1-2H3. The summed E-state index contributed by atoms with van der Waals surface area (Å²) in [6.07, 6.45) is 4.69. The normalized spacial score (nSPS) is 12.9. The van der Waals surface area contributed by atoms with Crippen LogP contribution in [-0.4, -0.2) is 25.5 Å². The van der Waals surface area contributed by atoms with E-state index in [-0.39, 0.29) is 11.6 Å². The van der Waals surface area contributed by atoms with Crippen molar-refractivity contribution in [2.24, 2.45) is 0 Å². The summed E-state index contributed by atoms with van der Waals surface area (Å²) in [5.41, 5.74) is 5.98. The van der Waals surface area contributed by atoms with Crippen molar-refractivity contribution in [2.45, 2.75) is 39.5 Å². The summed E-state index contributed by atoms with van der Waals surface area (Å²) in [6, 6.07) is 10.6. The Kier molecular flexibility index (Phi) is 4.98. The predicted molar refractivity (Wildman–Crippen MR) is 119 cm³/mol. The van der Waals surface area contributed by atoms with Crippen molar-refractivity contribution in [3.05, 3.63) is 70.4 Å². The molecule has 0 aliphatic heterocycles. The minimum atomic E-state index is -0.333. The number of benzene rings is 1. The van der Waals surface area contributed by atoms with Gasteiger partial charge in [-0.1, -0.05) is 12.1 Å². The van der Waals surface area contributed by atoms with Crippen LogP contribution < -0.4 is 0 Å². The third-order valence-electron chi connectivity index (χ3n) is 5.45. The summed E-state index contributed by atoms with van der Waals surface area (Å²) in [5.74, 6) is -0.251. The Bertz CT molecular complexity index is 1290. The molecule has 0 amide bonds. The van der Waals surface area contributed by atoms with E-state index in [1.807, 2.05) is 31.3 Å². The Balaban J connectivity index is 1.78. The molecule has 1 aromatic carbocycles. The van der Waals surface area contributed by atoms with Crippen LogP contribution in [0.2, 0.25) is 0 Å². The lowest BCUT2D eigenvalue weighted by molar-refractivity contribution is -0.116. The molecule has 0 unspecified atom stereocenters. The second kappa shape index (κ2) is 7.81. The molecular formula is C24H21FN4OS. The number of carbonyl (C=O) groups excluding carboxylic acids is 1. The van der Waals surface area contributed by atoms with E-state index in [1.54, 1.807) is 23.7 Å². The lowest BCUT2D eigenvalue weighted by Crippen LogP contribution is -2.02. The van der Waals surface area contributed by atoms with E-state index in [0.717, 1.165) is 63.0 Å². The highest BCUT2D eigenvalue weighted by Gasteiger charge is 2.29. The second-order valence-corrected chi connectivity index (χ2v) is 8.93. The number of hydrogen-bond donors (Lipinski definition) is 0. The first-order valence-electron chi connectivity index (χ1n) is 10.3. The molecule has 5 rings (SSSR count). The van der Waals surface area contributed by atoms with Gasteiger partial charge >= 0.3 is 0 Å². The lowest BCUT2D eigenvalue weighted by atomic mass is 10.0. The average Bonchev–Trinajstić information content (AvgIpc) is 3.25. The van der Waals surface area contributed by atoms with E-state index in [1.165, 1.54) is 17.4 Å². The maximum atomic E-state index is 14.8. The molecule has 3 aromatic heterocycles. The Labute approximate surface area is 183 Å². The number of fused-ring (bicyclic) bond motifs is 3. The molecule has 0 radical (unpaired) electrons. The fourth-order valence-electron chi connectivity index (χ4n) is 4.03. The number of thiazole rings is 1. The Morgan fingerprint density at radius 3 is 2.77 bits per heavy atom. The van der Waals surface area contributed by atoms with Gasteiger partial charge in [0.05, 0.1) is 28.4 Å². The number of Topliss-reactive ketones (excluding diaryl/α,β-unsaturated/α-hetero) is 1. The van der Waals surface area contributed by atoms with Gasteiger partial charge in [0.1, 0.15) is 22.3 Å². The number of pyridine rings is 1. The van der Waals surface area contributed by atoms with Gasteiger partial charge < -0.3 is 0 Å². The maximum Gasteiger partial charge on any atom is 0.148 e. The van der Waals surface area contributed by atoms with Gasteiger partial charge in [-0.3, -0.25) is 9.78 Å². The molecule has 0 bridgehead atoms. The molecule has 4 aromatic rings. The Morgan fingerprint density at radius 2 is 2.03 bits per heavy atom. The van der Waals surface area contributed by atoms with Crippen molar-refractivity contribution >= 4 is 17.1 Å². The zero-order chi connectivity index (χ0) is 21.5. The third kappa shape index (κ3) is 3.59. The topological polar surface area (TPSA) is 60.7 Å². The molecule has 1 aliphatic rings. The van der Waals surface area contributed by atoms with E-state index in [4.69, 9.17) is 10.1 Å². The summed E-state index contributed by atoms with van der Waals surface area (Å²) in [7, 11) is 0. The number of para-hydroxylation sites is 1. The van der Waals surface area contributed by atoms with E-state index in [2.05, 4.69) is 4.98 Å². The van der Waals surface area contributed by atoms with Gasteiger partial charge in [-0.25, -0.2) is 14.1 Å². The van der Waals surface area contributed by atoms with Gasteiger partial charge in [0.15, 0.2) is 0 Å². The fraction of sp³-hybridized carbons (Fsp3) is 0.250. The molecule has 0 spiro atoms. The van der Waals surface area contributed by atoms with Crippen molar-refractivity contribution in [1.82, 2.24) is 19.7 Å². The van der Waals surface area contributed by atoms with Crippen molar-refractivity contribution < 1.29 is 9.18 Å². The zero-order valence-corrected chi connectivity index (χ0v) is 18.2. The van der Waals surface area contributed by atoms with Crippen LogP contribution in [0.25, 0.3) is 27.5 Å². The highest BCUT2D eigenvalue weighted by molar-refractivity contribution is 7.15. The van der Waals surface area contributed by atoms with Gasteiger partial charge in [0.2, 0.25) is 0 Å². The highest BCUT2D eigenvalue weighted by atomic mass is 32.1. The minimum Gasteiger partial charge on any atom is -0.300 e. The van der Waals surface area contributed by atoms with Gasteiger partial charge in [0, 0.05) is 23.0 Å². The smallest absolute Gasteiger partial charge is 0.148 e. The molecular weight excluding hydrogens is 411 g/mol. The molecule has 0 fully saturated rings. The van der Waals surface area contributed by atoms with Crippen LogP contribution in [-0.2, 0) is 24.1 Å². The number of aryl methyl sites for hydroxylation is 2. The summed E-state index contributed by atoms with van der Waals surface area (Å²) in [4.78, 5) is 21.8. The molecule has 7 heteroatoms. The number of ketones is 1. The largest absolute Gasteiger partial charge is 0.300 e. The predicted octanol–water partition coefficient (Wildman–Crippen LogP) is 5.13. The molecule has 31 heavy (non-hydrogen) atoms. The number of halogens is 1. The summed E-state index contributed by atoms with van der Waals surface area (Å²) < 4.78 is 16.5.